The lowest BCUT2D eigenvalue weighted by Gasteiger charge is -1.98. The fourth-order valence-corrected chi connectivity index (χ4v) is 2.55. The van der Waals surface area contributed by atoms with E-state index in [0.717, 1.165) is 11.3 Å². The van der Waals surface area contributed by atoms with Crippen LogP contribution in [0.5, 0.6) is 0 Å². The van der Waals surface area contributed by atoms with E-state index in [-0.39, 0.29) is 0 Å². The molecule has 0 aliphatic rings. The van der Waals surface area contributed by atoms with Gasteiger partial charge in [0.05, 0.1) is 5.69 Å². The van der Waals surface area contributed by atoms with Gasteiger partial charge in [-0.2, -0.15) is 0 Å². The number of imidazole rings is 1. The maximum absolute atomic E-state index is 4.66. The smallest absolute Gasteiger partial charge is 0.137 e. The average molecular weight is 334 g/mol. The first-order valence-electron chi connectivity index (χ1n) is 5.44. The molecule has 0 N–H and O–H groups in total. The monoisotopic (exact) mass is 334 g/mol. The standard InChI is InChI=1S/C14H11IN2/c1-10-6-7-17-9-13(16-14(17)8-10)11-4-2-3-5-12(11)15/h2-9H,1H3. The van der Waals surface area contributed by atoms with Crippen molar-refractivity contribution in [2.45, 2.75) is 6.92 Å². The molecule has 84 valence electrons. The number of hydrogen-bond acceptors (Lipinski definition) is 1. The van der Waals surface area contributed by atoms with Crippen LogP contribution in [0.2, 0.25) is 0 Å². The summed E-state index contributed by atoms with van der Waals surface area (Å²) < 4.78 is 3.29. The Labute approximate surface area is 113 Å². The quantitative estimate of drug-likeness (QED) is 0.617. The normalized spacial score (nSPS) is 10.9. The van der Waals surface area contributed by atoms with Gasteiger partial charge < -0.3 is 4.40 Å². The maximum Gasteiger partial charge on any atom is 0.137 e. The van der Waals surface area contributed by atoms with Gasteiger partial charge in [0.2, 0.25) is 0 Å². The van der Waals surface area contributed by atoms with Crippen LogP contribution < -0.4 is 0 Å². The van der Waals surface area contributed by atoms with Crippen LogP contribution in [0.15, 0.2) is 48.8 Å². The van der Waals surface area contributed by atoms with E-state index < -0.39 is 0 Å². The van der Waals surface area contributed by atoms with Crippen molar-refractivity contribution in [2.24, 2.45) is 0 Å². The molecule has 2 heterocycles. The molecule has 17 heavy (non-hydrogen) atoms. The van der Waals surface area contributed by atoms with Gasteiger partial charge in [-0.1, -0.05) is 18.2 Å². The Hall–Kier alpha value is -1.36. The minimum Gasteiger partial charge on any atom is -0.306 e. The molecule has 0 unspecified atom stereocenters. The lowest BCUT2D eigenvalue weighted by molar-refractivity contribution is 1.17. The second-order valence-corrected chi connectivity index (χ2v) is 5.24. The number of fused-ring (bicyclic) bond motifs is 1. The molecule has 0 fully saturated rings. The Kier molecular flexibility index (Phi) is 2.63. The minimum absolute atomic E-state index is 1.000. The molecule has 2 nitrogen and oxygen atoms in total. The third kappa shape index (κ3) is 1.95. The highest BCUT2D eigenvalue weighted by Gasteiger charge is 2.06. The van der Waals surface area contributed by atoms with Crippen LogP contribution in [0.25, 0.3) is 16.9 Å². The molecule has 0 atom stereocenters. The van der Waals surface area contributed by atoms with E-state index in [1.54, 1.807) is 0 Å². The molecule has 3 rings (SSSR count). The summed E-state index contributed by atoms with van der Waals surface area (Å²) >= 11 is 2.35. The fourth-order valence-electron chi connectivity index (χ4n) is 1.88. The summed E-state index contributed by atoms with van der Waals surface area (Å²) in [5, 5.41) is 0. The summed E-state index contributed by atoms with van der Waals surface area (Å²) in [5.41, 5.74) is 4.45. The van der Waals surface area contributed by atoms with Gasteiger partial charge in [0, 0.05) is 21.5 Å². The van der Waals surface area contributed by atoms with Crippen LogP contribution in [0.1, 0.15) is 5.56 Å². The van der Waals surface area contributed by atoms with Gasteiger partial charge in [0.15, 0.2) is 0 Å². The third-order valence-corrected chi connectivity index (χ3v) is 3.71. The molecule has 0 amide bonds. The predicted molar refractivity (Wildman–Crippen MR) is 78.1 cm³/mol. The Morgan fingerprint density at radius 1 is 1.18 bits per heavy atom. The number of benzene rings is 1. The zero-order chi connectivity index (χ0) is 11.8. The average Bonchev–Trinajstić information content (AvgIpc) is 2.72. The van der Waals surface area contributed by atoms with E-state index >= 15 is 0 Å². The van der Waals surface area contributed by atoms with Crippen LogP contribution in [-0.2, 0) is 0 Å². The summed E-state index contributed by atoms with van der Waals surface area (Å²) in [7, 11) is 0. The van der Waals surface area contributed by atoms with E-state index in [1.165, 1.54) is 14.7 Å². The van der Waals surface area contributed by atoms with Crippen molar-refractivity contribution in [3.63, 3.8) is 0 Å². The Morgan fingerprint density at radius 2 is 2.00 bits per heavy atom. The van der Waals surface area contributed by atoms with E-state index in [4.69, 9.17) is 0 Å². The highest BCUT2D eigenvalue weighted by atomic mass is 127. The van der Waals surface area contributed by atoms with Gasteiger partial charge in [0.25, 0.3) is 0 Å². The van der Waals surface area contributed by atoms with Crippen molar-refractivity contribution >= 4 is 28.2 Å². The van der Waals surface area contributed by atoms with Crippen LogP contribution >= 0.6 is 22.6 Å². The fraction of sp³-hybridized carbons (Fsp3) is 0.0714. The first-order valence-corrected chi connectivity index (χ1v) is 6.52. The van der Waals surface area contributed by atoms with E-state index in [9.17, 15) is 0 Å². The molecule has 0 aliphatic carbocycles. The lowest BCUT2D eigenvalue weighted by Crippen LogP contribution is -1.81. The van der Waals surface area contributed by atoms with Crippen molar-refractivity contribution in [1.29, 1.82) is 0 Å². The molecular formula is C14H11IN2. The van der Waals surface area contributed by atoms with Gasteiger partial charge in [-0.15, -0.1) is 0 Å². The van der Waals surface area contributed by atoms with Crippen molar-refractivity contribution in [3.8, 4) is 11.3 Å². The van der Waals surface area contributed by atoms with Gasteiger partial charge in [-0.25, -0.2) is 4.98 Å². The number of aromatic nitrogens is 2. The molecule has 2 aromatic heterocycles. The van der Waals surface area contributed by atoms with Crippen molar-refractivity contribution in [3.05, 3.63) is 57.9 Å². The summed E-state index contributed by atoms with van der Waals surface area (Å²) in [6, 6.07) is 12.5. The van der Waals surface area contributed by atoms with E-state index in [0.29, 0.717) is 0 Å². The van der Waals surface area contributed by atoms with Gasteiger partial charge in [-0.05, 0) is 53.3 Å². The third-order valence-electron chi connectivity index (χ3n) is 2.77. The predicted octanol–water partition coefficient (Wildman–Crippen LogP) is 3.91. The number of hydrogen-bond donors (Lipinski definition) is 0. The first-order chi connectivity index (χ1) is 8.24. The van der Waals surface area contributed by atoms with Crippen molar-refractivity contribution in [1.82, 2.24) is 9.38 Å². The first kappa shape index (κ1) is 10.8. The molecule has 0 spiro atoms. The SMILES string of the molecule is Cc1ccn2cc(-c3ccccc3I)nc2c1. The summed E-state index contributed by atoms with van der Waals surface area (Å²) in [5.74, 6) is 0. The lowest BCUT2D eigenvalue weighted by atomic mass is 10.2. The Morgan fingerprint density at radius 3 is 2.82 bits per heavy atom. The molecule has 3 aromatic rings. The molecule has 1 aromatic carbocycles. The molecule has 0 bridgehead atoms. The van der Waals surface area contributed by atoms with Gasteiger partial charge >= 0.3 is 0 Å². The van der Waals surface area contributed by atoms with Crippen LogP contribution in [0.3, 0.4) is 0 Å². The summed E-state index contributed by atoms with van der Waals surface area (Å²) in [6.07, 6.45) is 4.13. The molecule has 0 saturated heterocycles. The molecule has 0 aliphatic heterocycles. The highest BCUT2D eigenvalue weighted by Crippen LogP contribution is 2.24. The number of aryl methyl sites for hydroxylation is 1. The van der Waals surface area contributed by atoms with Gasteiger partial charge in [-0.3, -0.25) is 0 Å². The molecular weight excluding hydrogens is 323 g/mol. The van der Waals surface area contributed by atoms with Gasteiger partial charge in [0.1, 0.15) is 5.65 Å². The molecule has 3 heteroatoms. The zero-order valence-corrected chi connectivity index (χ0v) is 11.5. The number of halogens is 1. The number of nitrogens with zero attached hydrogens (tertiary/aromatic N) is 2. The van der Waals surface area contributed by atoms with Crippen molar-refractivity contribution < 1.29 is 0 Å². The van der Waals surface area contributed by atoms with E-state index in [2.05, 4.69) is 75.6 Å². The molecule has 0 radical (unpaired) electrons. The topological polar surface area (TPSA) is 17.3 Å². The zero-order valence-electron chi connectivity index (χ0n) is 9.39. The van der Waals surface area contributed by atoms with E-state index in [1.807, 2.05) is 12.1 Å². The highest BCUT2D eigenvalue weighted by molar-refractivity contribution is 14.1. The minimum atomic E-state index is 1.000. The summed E-state index contributed by atoms with van der Waals surface area (Å²) in [6.45, 7) is 2.08. The second kappa shape index (κ2) is 4.14. The Balaban J connectivity index is 2.22. The van der Waals surface area contributed by atoms with Crippen LogP contribution in [0, 0.1) is 10.5 Å². The number of pyridine rings is 1. The maximum atomic E-state index is 4.66. The second-order valence-electron chi connectivity index (χ2n) is 4.08. The largest absolute Gasteiger partial charge is 0.306 e. The number of rotatable bonds is 1. The van der Waals surface area contributed by atoms with Crippen LogP contribution in [0.4, 0.5) is 0 Å². The Bertz CT molecular complexity index is 686. The van der Waals surface area contributed by atoms with Crippen molar-refractivity contribution in [2.75, 3.05) is 0 Å². The molecule has 0 saturated carbocycles. The van der Waals surface area contributed by atoms with Crippen LogP contribution in [-0.4, -0.2) is 9.38 Å². The summed E-state index contributed by atoms with van der Waals surface area (Å²) in [4.78, 5) is 4.66.